The highest BCUT2D eigenvalue weighted by Gasteiger charge is 2.34. The number of rotatable bonds is 5. The van der Waals surface area contributed by atoms with E-state index in [0.29, 0.717) is 38.7 Å². The predicted octanol–water partition coefficient (Wildman–Crippen LogP) is 3.68. The monoisotopic (exact) mass is 416 g/mol. The Morgan fingerprint density at radius 1 is 1.25 bits per heavy atom. The van der Waals surface area contributed by atoms with Crippen molar-refractivity contribution in [3.8, 4) is 0 Å². The lowest BCUT2D eigenvalue weighted by Gasteiger charge is -2.18. The molecule has 1 aliphatic heterocycles. The molecule has 2 aromatic rings. The Morgan fingerprint density at radius 3 is 2.57 bits per heavy atom. The van der Waals surface area contributed by atoms with Crippen LogP contribution in [-0.2, 0) is 4.79 Å². The van der Waals surface area contributed by atoms with Gasteiger partial charge < -0.3 is 5.32 Å². The second-order valence-corrected chi connectivity index (χ2v) is 9.21. The van der Waals surface area contributed by atoms with E-state index in [0.717, 1.165) is 5.56 Å². The maximum atomic E-state index is 13.2. The molecule has 0 saturated carbocycles. The molecular formula is C20H24N4O2S2. The molecule has 8 heteroatoms. The molecule has 1 amide bonds. The lowest BCUT2D eigenvalue weighted by molar-refractivity contribution is -0.123. The molecule has 3 heterocycles. The number of carbonyl (C=O) groups is 1. The van der Waals surface area contributed by atoms with Crippen LogP contribution in [0.4, 0.5) is 5.82 Å². The number of hydrogen-bond acceptors (Lipinski definition) is 6. The molecule has 6 nitrogen and oxygen atoms in total. The Morgan fingerprint density at radius 2 is 1.96 bits per heavy atom. The number of aromatic nitrogens is 2. The summed E-state index contributed by atoms with van der Waals surface area (Å²) in [4.78, 5) is 32.6. The summed E-state index contributed by atoms with van der Waals surface area (Å²) in [5.41, 5.74) is 1.67. The number of hydrogen-bond donors (Lipinski definition) is 1. The number of pyridine rings is 1. The van der Waals surface area contributed by atoms with E-state index >= 15 is 0 Å². The van der Waals surface area contributed by atoms with Crippen LogP contribution in [0, 0.1) is 12.8 Å². The van der Waals surface area contributed by atoms with Crippen LogP contribution in [0.15, 0.2) is 28.0 Å². The summed E-state index contributed by atoms with van der Waals surface area (Å²) in [6, 6.07) is 3.70. The Hall–Kier alpha value is -2.19. The molecule has 1 saturated heterocycles. The Balaban J connectivity index is 2.16. The SMILES string of the molecule is Cc1ccc2nc(NCC(C)C)c(C=C3SC(=S)N(C(C)C)C3=O)c(=O)n2c1. The van der Waals surface area contributed by atoms with E-state index in [2.05, 4.69) is 24.1 Å². The minimum atomic E-state index is -0.213. The molecule has 0 unspecified atom stereocenters. The van der Waals surface area contributed by atoms with Crippen LogP contribution < -0.4 is 10.9 Å². The van der Waals surface area contributed by atoms with Crippen molar-refractivity contribution in [2.45, 2.75) is 40.7 Å². The lowest BCUT2D eigenvalue weighted by Crippen LogP contribution is -2.34. The van der Waals surface area contributed by atoms with Gasteiger partial charge in [-0.05, 0) is 44.4 Å². The van der Waals surface area contributed by atoms with Gasteiger partial charge in [0.25, 0.3) is 11.5 Å². The zero-order valence-electron chi connectivity index (χ0n) is 16.6. The Labute approximate surface area is 174 Å². The van der Waals surface area contributed by atoms with Crippen molar-refractivity contribution < 1.29 is 4.79 Å². The first kappa shape index (κ1) is 20.5. The van der Waals surface area contributed by atoms with E-state index in [4.69, 9.17) is 12.2 Å². The van der Waals surface area contributed by atoms with Crippen LogP contribution in [0.1, 0.15) is 38.8 Å². The highest BCUT2D eigenvalue weighted by atomic mass is 32.2. The zero-order chi connectivity index (χ0) is 20.6. The Kier molecular flexibility index (Phi) is 5.90. The molecule has 1 aliphatic rings. The summed E-state index contributed by atoms with van der Waals surface area (Å²) in [7, 11) is 0. The first-order chi connectivity index (χ1) is 13.2. The molecule has 0 aliphatic carbocycles. The van der Waals surface area contributed by atoms with Crippen LogP contribution in [0.3, 0.4) is 0 Å². The summed E-state index contributed by atoms with van der Waals surface area (Å²) in [5, 5.41) is 3.26. The van der Waals surface area contributed by atoms with Gasteiger partial charge in [-0.1, -0.05) is 43.9 Å². The van der Waals surface area contributed by atoms with E-state index in [1.54, 1.807) is 17.2 Å². The van der Waals surface area contributed by atoms with Crippen molar-refractivity contribution in [3.05, 3.63) is 44.7 Å². The molecule has 3 rings (SSSR count). The van der Waals surface area contributed by atoms with E-state index in [9.17, 15) is 9.59 Å². The number of carbonyl (C=O) groups excluding carboxylic acids is 1. The topological polar surface area (TPSA) is 66.7 Å². The molecule has 0 bridgehead atoms. The maximum Gasteiger partial charge on any atom is 0.267 e. The fourth-order valence-electron chi connectivity index (χ4n) is 2.88. The van der Waals surface area contributed by atoms with Gasteiger partial charge in [-0.2, -0.15) is 0 Å². The van der Waals surface area contributed by atoms with Gasteiger partial charge in [0.15, 0.2) is 0 Å². The molecule has 0 spiro atoms. The number of thiocarbonyl (C=S) groups is 1. The average Bonchev–Trinajstić information content (AvgIpc) is 2.90. The highest BCUT2D eigenvalue weighted by Crippen LogP contribution is 2.34. The number of nitrogens with one attached hydrogen (secondary N) is 1. The normalized spacial score (nSPS) is 16.2. The molecule has 0 radical (unpaired) electrons. The molecule has 1 fully saturated rings. The average molecular weight is 417 g/mol. The number of thioether (sulfide) groups is 1. The first-order valence-corrected chi connectivity index (χ1v) is 10.5. The van der Waals surface area contributed by atoms with Crippen molar-refractivity contribution in [2.75, 3.05) is 11.9 Å². The second kappa shape index (κ2) is 8.05. The molecule has 0 aromatic carbocycles. The highest BCUT2D eigenvalue weighted by molar-refractivity contribution is 8.26. The standard InChI is InChI=1S/C20H24N4O2S2/c1-11(2)9-21-17-14(8-15-19(26)24(12(3)4)20(27)28-15)18(25)23-10-13(5)6-7-16(23)22-17/h6-8,10-12,21H,9H2,1-5H3. The van der Waals surface area contributed by atoms with Gasteiger partial charge in [0.2, 0.25) is 0 Å². The molecule has 1 N–H and O–H groups in total. The van der Waals surface area contributed by atoms with Crippen LogP contribution in [-0.4, -0.2) is 37.1 Å². The molecule has 148 valence electrons. The van der Waals surface area contributed by atoms with Crippen molar-refractivity contribution in [1.82, 2.24) is 14.3 Å². The minimum Gasteiger partial charge on any atom is -0.369 e. The third-order valence-electron chi connectivity index (χ3n) is 4.30. The van der Waals surface area contributed by atoms with Crippen LogP contribution in [0.5, 0.6) is 0 Å². The number of fused-ring (bicyclic) bond motifs is 1. The molecule has 28 heavy (non-hydrogen) atoms. The van der Waals surface area contributed by atoms with Crippen LogP contribution >= 0.6 is 24.0 Å². The van der Waals surface area contributed by atoms with Crippen LogP contribution in [0.2, 0.25) is 0 Å². The number of aryl methyl sites for hydroxylation is 1. The van der Waals surface area contributed by atoms with Gasteiger partial charge in [-0.15, -0.1) is 0 Å². The van der Waals surface area contributed by atoms with E-state index in [1.165, 1.54) is 16.2 Å². The third-order valence-corrected chi connectivity index (χ3v) is 5.63. The smallest absolute Gasteiger partial charge is 0.267 e. The van der Waals surface area contributed by atoms with Gasteiger partial charge in [0.1, 0.15) is 15.8 Å². The number of anilines is 1. The Bertz CT molecular complexity index is 1040. The van der Waals surface area contributed by atoms with Gasteiger partial charge in [0.05, 0.1) is 10.5 Å². The number of nitrogens with zero attached hydrogens (tertiary/aromatic N) is 3. The van der Waals surface area contributed by atoms with Crippen molar-refractivity contribution >= 4 is 51.7 Å². The summed E-state index contributed by atoms with van der Waals surface area (Å²) in [6.07, 6.45) is 3.38. The van der Waals surface area contributed by atoms with E-state index in [1.807, 2.05) is 32.9 Å². The minimum absolute atomic E-state index is 0.0320. The quantitative estimate of drug-likeness (QED) is 0.592. The van der Waals surface area contributed by atoms with Crippen LogP contribution in [0.25, 0.3) is 11.7 Å². The fourth-order valence-corrected chi connectivity index (χ4v) is 4.39. The van der Waals surface area contributed by atoms with Gasteiger partial charge >= 0.3 is 0 Å². The molecular weight excluding hydrogens is 392 g/mol. The molecule has 2 aromatic heterocycles. The van der Waals surface area contributed by atoms with Crippen molar-refractivity contribution in [2.24, 2.45) is 5.92 Å². The summed E-state index contributed by atoms with van der Waals surface area (Å²) < 4.78 is 2.03. The van der Waals surface area contributed by atoms with Crippen molar-refractivity contribution in [1.29, 1.82) is 0 Å². The van der Waals surface area contributed by atoms with Crippen molar-refractivity contribution in [3.63, 3.8) is 0 Å². The largest absolute Gasteiger partial charge is 0.369 e. The summed E-state index contributed by atoms with van der Waals surface area (Å²) in [6.45, 7) is 10.6. The van der Waals surface area contributed by atoms with Gasteiger partial charge in [-0.25, -0.2) is 4.98 Å². The summed E-state index contributed by atoms with van der Waals surface area (Å²) in [5.74, 6) is 0.691. The third kappa shape index (κ3) is 3.98. The summed E-state index contributed by atoms with van der Waals surface area (Å²) >= 11 is 6.57. The number of amides is 1. The lowest BCUT2D eigenvalue weighted by atomic mass is 10.2. The van der Waals surface area contributed by atoms with Gasteiger partial charge in [0, 0.05) is 18.8 Å². The second-order valence-electron chi connectivity index (χ2n) is 7.53. The van der Waals surface area contributed by atoms with Gasteiger partial charge in [-0.3, -0.25) is 18.9 Å². The molecule has 0 atom stereocenters. The zero-order valence-corrected chi connectivity index (χ0v) is 18.3. The maximum absolute atomic E-state index is 13.2. The fraction of sp³-hybridized carbons (Fsp3) is 0.400. The van der Waals surface area contributed by atoms with E-state index in [-0.39, 0.29) is 17.5 Å². The van der Waals surface area contributed by atoms with E-state index < -0.39 is 0 Å². The first-order valence-electron chi connectivity index (χ1n) is 9.23. The predicted molar refractivity (Wildman–Crippen MR) is 120 cm³/mol.